The molecule has 1 aromatic heterocycles. The van der Waals surface area contributed by atoms with E-state index in [4.69, 9.17) is 11.6 Å². The molecule has 10 heteroatoms. The second-order valence-electron chi connectivity index (χ2n) is 6.21. The van der Waals surface area contributed by atoms with E-state index in [1.54, 1.807) is 30.3 Å². The lowest BCUT2D eigenvalue weighted by atomic mass is 10.2. The third-order valence-electron chi connectivity index (χ3n) is 4.05. The number of sulfone groups is 1. The van der Waals surface area contributed by atoms with Crippen LogP contribution in [0.4, 0.5) is 9.93 Å². The Balaban J connectivity index is 1.73. The summed E-state index contributed by atoms with van der Waals surface area (Å²) in [5.41, 5.74) is 0.729. The first-order chi connectivity index (χ1) is 13.8. The Morgan fingerprint density at radius 2 is 1.93 bits per heavy atom. The number of hydrogen-bond donors (Lipinski definition) is 2. The number of halogens is 1. The number of carbonyl (C=O) groups excluding carboxylic acids is 2. The van der Waals surface area contributed by atoms with E-state index in [2.05, 4.69) is 15.6 Å². The van der Waals surface area contributed by atoms with Crippen molar-refractivity contribution in [3.8, 4) is 0 Å². The fourth-order valence-electron chi connectivity index (χ4n) is 2.55. The van der Waals surface area contributed by atoms with Crippen molar-refractivity contribution < 1.29 is 18.0 Å². The lowest BCUT2D eigenvalue weighted by Crippen LogP contribution is -2.34. The molecule has 0 saturated heterocycles. The van der Waals surface area contributed by atoms with Crippen molar-refractivity contribution in [2.24, 2.45) is 0 Å². The van der Waals surface area contributed by atoms with Gasteiger partial charge in [0.2, 0.25) is 0 Å². The predicted molar refractivity (Wildman–Crippen MR) is 115 cm³/mol. The van der Waals surface area contributed by atoms with E-state index in [1.807, 2.05) is 6.92 Å². The molecule has 29 heavy (non-hydrogen) atoms. The lowest BCUT2D eigenvalue weighted by molar-refractivity contribution is 0.0967. The summed E-state index contributed by atoms with van der Waals surface area (Å²) in [5.74, 6) is -0.551. The van der Waals surface area contributed by atoms with E-state index in [9.17, 15) is 18.0 Å². The van der Waals surface area contributed by atoms with E-state index in [0.717, 1.165) is 17.8 Å². The normalized spacial score (nSPS) is 11.4. The van der Waals surface area contributed by atoms with Crippen LogP contribution in [0.5, 0.6) is 0 Å². The van der Waals surface area contributed by atoms with Crippen molar-refractivity contribution in [2.45, 2.75) is 24.7 Å². The number of fused-ring (bicyclic) bond motifs is 1. The van der Waals surface area contributed by atoms with Gasteiger partial charge in [0.25, 0.3) is 5.91 Å². The summed E-state index contributed by atoms with van der Waals surface area (Å²) in [5, 5.41) is 5.15. The molecule has 3 amide bonds. The summed E-state index contributed by atoms with van der Waals surface area (Å²) in [4.78, 5) is 28.7. The number of rotatable bonds is 6. The van der Waals surface area contributed by atoms with Gasteiger partial charge in [0.15, 0.2) is 15.0 Å². The van der Waals surface area contributed by atoms with Gasteiger partial charge in [-0.15, -0.1) is 0 Å². The van der Waals surface area contributed by atoms with Crippen molar-refractivity contribution in [2.75, 3.05) is 11.1 Å². The first-order valence-corrected chi connectivity index (χ1v) is 11.6. The Morgan fingerprint density at radius 1 is 1.17 bits per heavy atom. The molecule has 0 bridgehead atoms. The SMILES string of the molecule is CCCCS(=O)(=O)c1ccc2nc(NC(=O)NC(=O)c3ccccc3Cl)sc2c1. The van der Waals surface area contributed by atoms with Crippen molar-refractivity contribution >= 4 is 60.1 Å². The molecule has 2 N–H and O–H groups in total. The molecule has 0 aliphatic rings. The topological polar surface area (TPSA) is 105 Å². The fourth-order valence-corrected chi connectivity index (χ4v) is 5.22. The Morgan fingerprint density at radius 3 is 2.66 bits per heavy atom. The second kappa shape index (κ2) is 8.89. The van der Waals surface area contributed by atoms with Gasteiger partial charge in [0.1, 0.15) is 0 Å². The van der Waals surface area contributed by atoms with E-state index >= 15 is 0 Å². The summed E-state index contributed by atoms with van der Waals surface area (Å²) in [6.07, 6.45) is 1.38. The summed E-state index contributed by atoms with van der Waals surface area (Å²) < 4.78 is 25.3. The van der Waals surface area contributed by atoms with Gasteiger partial charge in [-0.05, 0) is 36.8 Å². The summed E-state index contributed by atoms with van der Waals surface area (Å²) in [7, 11) is -3.36. The number of hydrogen-bond acceptors (Lipinski definition) is 6. The van der Waals surface area contributed by atoms with Gasteiger partial charge in [0.05, 0.1) is 31.5 Å². The van der Waals surface area contributed by atoms with E-state index < -0.39 is 21.8 Å². The van der Waals surface area contributed by atoms with Crippen LogP contribution in [-0.4, -0.2) is 31.1 Å². The minimum atomic E-state index is -3.36. The summed E-state index contributed by atoms with van der Waals surface area (Å²) in [6, 6.07) is 10.3. The maximum absolute atomic E-state index is 12.4. The van der Waals surface area contributed by atoms with Crippen LogP contribution in [0.2, 0.25) is 5.02 Å². The monoisotopic (exact) mass is 451 g/mol. The first kappa shape index (κ1) is 21.2. The van der Waals surface area contributed by atoms with Crippen molar-refractivity contribution in [3.63, 3.8) is 0 Å². The second-order valence-corrected chi connectivity index (χ2v) is 9.76. The zero-order valence-electron chi connectivity index (χ0n) is 15.4. The predicted octanol–water partition coefficient (Wildman–Crippen LogP) is 4.49. The van der Waals surface area contributed by atoms with Crippen LogP contribution in [0.15, 0.2) is 47.4 Å². The zero-order chi connectivity index (χ0) is 21.0. The highest BCUT2D eigenvalue weighted by Gasteiger charge is 2.17. The largest absolute Gasteiger partial charge is 0.327 e. The Bertz CT molecular complexity index is 1180. The Kier molecular flexibility index (Phi) is 6.51. The molecule has 0 unspecified atom stereocenters. The number of nitrogens with zero attached hydrogens (tertiary/aromatic N) is 1. The van der Waals surface area contributed by atoms with Gasteiger partial charge in [-0.25, -0.2) is 18.2 Å². The standard InChI is InChI=1S/C19H18ClN3O4S2/c1-2-3-10-29(26,27)12-8-9-15-16(11-12)28-19(21-15)23-18(25)22-17(24)13-6-4-5-7-14(13)20/h4-9,11H,2-3,10H2,1H3,(H2,21,22,23,24,25). The Hall–Kier alpha value is -2.49. The summed E-state index contributed by atoms with van der Waals surface area (Å²) >= 11 is 7.07. The number of benzene rings is 2. The number of carbonyl (C=O) groups is 2. The van der Waals surface area contributed by atoms with Gasteiger partial charge in [-0.2, -0.15) is 0 Å². The summed E-state index contributed by atoms with van der Waals surface area (Å²) in [6.45, 7) is 1.93. The third-order valence-corrected chi connectivity index (χ3v) is 7.11. The molecule has 3 aromatic rings. The molecule has 0 fully saturated rings. The average molecular weight is 452 g/mol. The first-order valence-electron chi connectivity index (χ1n) is 8.80. The molecule has 1 heterocycles. The van der Waals surface area contributed by atoms with Crippen LogP contribution < -0.4 is 10.6 Å². The van der Waals surface area contributed by atoms with Crippen LogP contribution in [0.1, 0.15) is 30.1 Å². The lowest BCUT2D eigenvalue weighted by Gasteiger charge is -2.05. The molecule has 2 aromatic carbocycles. The zero-order valence-corrected chi connectivity index (χ0v) is 17.8. The number of amides is 3. The minimum Gasteiger partial charge on any atom is -0.283 e. The maximum Gasteiger partial charge on any atom is 0.327 e. The molecule has 0 atom stereocenters. The van der Waals surface area contributed by atoms with Crippen LogP contribution in [-0.2, 0) is 9.84 Å². The molecule has 152 valence electrons. The molecular formula is C19H18ClN3O4S2. The average Bonchev–Trinajstić information content (AvgIpc) is 3.07. The van der Waals surface area contributed by atoms with Gasteiger partial charge < -0.3 is 0 Å². The molecule has 7 nitrogen and oxygen atoms in total. The smallest absolute Gasteiger partial charge is 0.283 e. The number of nitrogens with one attached hydrogen (secondary N) is 2. The fraction of sp³-hybridized carbons (Fsp3) is 0.211. The van der Waals surface area contributed by atoms with Crippen molar-refractivity contribution in [1.29, 1.82) is 0 Å². The molecular weight excluding hydrogens is 434 g/mol. The maximum atomic E-state index is 12.4. The van der Waals surface area contributed by atoms with E-state index in [-0.39, 0.29) is 26.4 Å². The number of aromatic nitrogens is 1. The highest BCUT2D eigenvalue weighted by Crippen LogP contribution is 2.28. The van der Waals surface area contributed by atoms with Crippen LogP contribution in [0.25, 0.3) is 10.2 Å². The number of unbranched alkanes of at least 4 members (excludes halogenated alkanes) is 1. The molecule has 0 spiro atoms. The molecule has 3 rings (SSSR count). The molecule has 0 radical (unpaired) electrons. The highest BCUT2D eigenvalue weighted by atomic mass is 35.5. The van der Waals surface area contributed by atoms with Crippen LogP contribution in [0, 0.1) is 0 Å². The van der Waals surface area contributed by atoms with Gasteiger partial charge >= 0.3 is 6.03 Å². The Labute approximate surface area is 177 Å². The minimum absolute atomic E-state index is 0.0888. The molecule has 0 aliphatic heterocycles. The third kappa shape index (κ3) is 5.11. The number of imide groups is 1. The van der Waals surface area contributed by atoms with Gasteiger partial charge in [0, 0.05) is 0 Å². The molecule has 0 saturated carbocycles. The van der Waals surface area contributed by atoms with Gasteiger partial charge in [-0.3, -0.25) is 15.4 Å². The van der Waals surface area contributed by atoms with Crippen LogP contribution in [0.3, 0.4) is 0 Å². The van der Waals surface area contributed by atoms with Crippen molar-refractivity contribution in [3.05, 3.63) is 53.1 Å². The molecule has 0 aliphatic carbocycles. The number of urea groups is 1. The van der Waals surface area contributed by atoms with Crippen LogP contribution >= 0.6 is 22.9 Å². The quantitative estimate of drug-likeness (QED) is 0.574. The van der Waals surface area contributed by atoms with E-state index in [1.165, 1.54) is 12.1 Å². The highest BCUT2D eigenvalue weighted by molar-refractivity contribution is 7.91. The van der Waals surface area contributed by atoms with E-state index in [0.29, 0.717) is 16.6 Å². The van der Waals surface area contributed by atoms with Crippen molar-refractivity contribution in [1.82, 2.24) is 10.3 Å². The number of anilines is 1. The number of thiazole rings is 1. The van der Waals surface area contributed by atoms with Gasteiger partial charge in [-0.1, -0.05) is 48.4 Å².